The lowest BCUT2D eigenvalue weighted by atomic mass is 10.1. The molecule has 0 saturated carbocycles. The maximum absolute atomic E-state index is 12.0. The highest BCUT2D eigenvalue weighted by Crippen LogP contribution is 2.22. The summed E-state index contributed by atoms with van der Waals surface area (Å²) in [7, 11) is 0. The van der Waals surface area contributed by atoms with Crippen LogP contribution in [0.5, 0.6) is 0 Å². The van der Waals surface area contributed by atoms with Crippen LogP contribution in [-0.4, -0.2) is 21.1 Å². The molecule has 0 unspecified atom stereocenters. The maximum atomic E-state index is 12.0. The van der Waals surface area contributed by atoms with Crippen molar-refractivity contribution < 1.29 is 4.79 Å². The van der Waals surface area contributed by atoms with E-state index in [4.69, 9.17) is 0 Å². The van der Waals surface area contributed by atoms with Gasteiger partial charge in [0, 0.05) is 15.8 Å². The van der Waals surface area contributed by atoms with E-state index in [-0.39, 0.29) is 5.91 Å². The van der Waals surface area contributed by atoms with Gasteiger partial charge in [0.1, 0.15) is 6.33 Å². The van der Waals surface area contributed by atoms with Crippen LogP contribution in [0.25, 0.3) is 0 Å². The number of amides is 1. The van der Waals surface area contributed by atoms with Gasteiger partial charge in [-0.05, 0) is 30.7 Å². The summed E-state index contributed by atoms with van der Waals surface area (Å²) in [5, 5.41) is 3.45. The normalized spacial score (nSPS) is 10.7. The summed E-state index contributed by atoms with van der Waals surface area (Å²) in [6.45, 7) is 6.68. The lowest BCUT2D eigenvalue weighted by Crippen LogP contribution is -2.25. The van der Waals surface area contributed by atoms with E-state index in [2.05, 4.69) is 41.3 Å². The van der Waals surface area contributed by atoms with Crippen molar-refractivity contribution in [1.29, 1.82) is 0 Å². The monoisotopic (exact) mass is 315 g/mol. The van der Waals surface area contributed by atoms with Gasteiger partial charge in [-0.15, -0.1) is 11.8 Å². The highest BCUT2D eigenvalue weighted by atomic mass is 32.2. The Hall–Kier alpha value is -1.88. The molecule has 116 valence electrons. The van der Waals surface area contributed by atoms with E-state index in [1.807, 2.05) is 36.9 Å². The zero-order valence-electron chi connectivity index (χ0n) is 13.2. The van der Waals surface area contributed by atoms with Gasteiger partial charge in [0.05, 0.1) is 18.7 Å². The van der Waals surface area contributed by atoms with E-state index in [0.29, 0.717) is 18.2 Å². The van der Waals surface area contributed by atoms with Gasteiger partial charge in [-0.25, -0.2) is 9.97 Å². The number of rotatable bonds is 6. The number of benzene rings is 1. The van der Waals surface area contributed by atoms with Crippen LogP contribution in [0.2, 0.25) is 0 Å². The highest BCUT2D eigenvalue weighted by Gasteiger charge is 2.05. The molecule has 0 aliphatic heterocycles. The molecule has 1 aromatic heterocycles. The number of nitrogens with zero attached hydrogens (tertiary/aromatic N) is 2. The molecule has 1 N–H and O–H groups in total. The Balaban J connectivity index is 1.84. The van der Waals surface area contributed by atoms with Crippen LogP contribution in [-0.2, 0) is 17.8 Å². The molecule has 0 aliphatic rings. The number of aromatic nitrogens is 2. The van der Waals surface area contributed by atoms with Crippen LogP contribution in [0.15, 0.2) is 41.6 Å². The molecule has 2 aromatic rings. The SMILES string of the molecule is Cc1cc(CNC(=O)Cc2ccc(SC(C)C)cc2)ncn1. The second-order valence-electron chi connectivity index (χ2n) is 5.41. The number of nitrogens with one attached hydrogen (secondary N) is 1. The summed E-state index contributed by atoms with van der Waals surface area (Å²) < 4.78 is 0. The van der Waals surface area contributed by atoms with E-state index in [1.54, 1.807) is 0 Å². The number of hydrogen-bond donors (Lipinski definition) is 1. The van der Waals surface area contributed by atoms with Crippen LogP contribution >= 0.6 is 11.8 Å². The first kappa shape index (κ1) is 16.5. The summed E-state index contributed by atoms with van der Waals surface area (Å²) in [5.41, 5.74) is 2.74. The van der Waals surface area contributed by atoms with Crippen molar-refractivity contribution in [2.75, 3.05) is 0 Å². The van der Waals surface area contributed by atoms with Gasteiger partial charge in [0.2, 0.25) is 5.91 Å². The van der Waals surface area contributed by atoms with Crippen molar-refractivity contribution in [1.82, 2.24) is 15.3 Å². The third kappa shape index (κ3) is 5.48. The Labute approximate surface area is 135 Å². The fraction of sp³-hybridized carbons (Fsp3) is 0.353. The quantitative estimate of drug-likeness (QED) is 0.832. The fourth-order valence-electron chi connectivity index (χ4n) is 2.00. The number of carbonyl (C=O) groups is 1. The van der Waals surface area contributed by atoms with E-state index < -0.39 is 0 Å². The zero-order chi connectivity index (χ0) is 15.9. The van der Waals surface area contributed by atoms with E-state index in [1.165, 1.54) is 11.2 Å². The van der Waals surface area contributed by atoms with Gasteiger partial charge in [-0.3, -0.25) is 4.79 Å². The Morgan fingerprint density at radius 2 is 1.95 bits per heavy atom. The smallest absolute Gasteiger partial charge is 0.224 e. The van der Waals surface area contributed by atoms with E-state index >= 15 is 0 Å². The molecule has 1 aromatic carbocycles. The van der Waals surface area contributed by atoms with Crippen molar-refractivity contribution in [3.63, 3.8) is 0 Å². The molecule has 1 amide bonds. The molecule has 4 nitrogen and oxygen atoms in total. The molecule has 0 aliphatic carbocycles. The van der Waals surface area contributed by atoms with Crippen LogP contribution in [0.4, 0.5) is 0 Å². The average molecular weight is 315 g/mol. The summed E-state index contributed by atoms with van der Waals surface area (Å²) in [5.74, 6) is 0.000489. The zero-order valence-corrected chi connectivity index (χ0v) is 14.0. The lowest BCUT2D eigenvalue weighted by molar-refractivity contribution is -0.120. The average Bonchev–Trinajstić information content (AvgIpc) is 2.47. The van der Waals surface area contributed by atoms with Gasteiger partial charge in [0.15, 0.2) is 0 Å². The molecule has 0 spiro atoms. The molecule has 5 heteroatoms. The first-order chi connectivity index (χ1) is 10.5. The largest absolute Gasteiger partial charge is 0.350 e. The lowest BCUT2D eigenvalue weighted by Gasteiger charge is -2.07. The maximum Gasteiger partial charge on any atom is 0.224 e. The molecule has 0 radical (unpaired) electrons. The van der Waals surface area contributed by atoms with Gasteiger partial charge >= 0.3 is 0 Å². The number of hydrogen-bond acceptors (Lipinski definition) is 4. The first-order valence-corrected chi connectivity index (χ1v) is 8.20. The third-order valence-corrected chi connectivity index (χ3v) is 4.00. The molecular weight excluding hydrogens is 294 g/mol. The standard InChI is InChI=1S/C17H21N3OS/c1-12(2)22-16-6-4-14(5-7-16)9-17(21)18-10-15-8-13(3)19-11-20-15/h4-8,11-12H,9-10H2,1-3H3,(H,18,21). The molecule has 0 atom stereocenters. The Kier molecular flexibility index (Phi) is 5.95. The minimum absolute atomic E-state index is 0.000489. The number of carbonyl (C=O) groups excluding carboxylic acids is 1. The first-order valence-electron chi connectivity index (χ1n) is 7.33. The van der Waals surface area contributed by atoms with Crippen LogP contribution in [0.3, 0.4) is 0 Å². The second kappa shape index (κ2) is 7.94. The van der Waals surface area contributed by atoms with Gasteiger partial charge < -0.3 is 5.32 Å². The summed E-state index contributed by atoms with van der Waals surface area (Å²) in [6.07, 6.45) is 1.90. The third-order valence-electron chi connectivity index (χ3n) is 2.99. The van der Waals surface area contributed by atoms with Crippen LogP contribution in [0, 0.1) is 6.92 Å². The Morgan fingerprint density at radius 1 is 1.23 bits per heavy atom. The molecular formula is C17H21N3OS. The Bertz CT molecular complexity index is 626. The second-order valence-corrected chi connectivity index (χ2v) is 7.06. The van der Waals surface area contributed by atoms with Crippen molar-refractivity contribution in [2.24, 2.45) is 0 Å². The predicted octanol–water partition coefficient (Wildman–Crippen LogP) is 3.14. The van der Waals surface area contributed by atoms with Crippen molar-refractivity contribution in [3.8, 4) is 0 Å². The van der Waals surface area contributed by atoms with Crippen molar-refractivity contribution in [2.45, 2.75) is 43.9 Å². The summed E-state index contributed by atoms with van der Waals surface area (Å²) in [4.78, 5) is 21.4. The minimum Gasteiger partial charge on any atom is -0.350 e. The molecule has 2 rings (SSSR count). The van der Waals surface area contributed by atoms with Gasteiger partial charge in [-0.1, -0.05) is 26.0 Å². The predicted molar refractivity (Wildman–Crippen MR) is 89.8 cm³/mol. The van der Waals surface area contributed by atoms with Gasteiger partial charge in [-0.2, -0.15) is 0 Å². The van der Waals surface area contributed by atoms with Crippen molar-refractivity contribution >= 4 is 17.7 Å². The summed E-state index contributed by atoms with van der Waals surface area (Å²) in [6, 6.07) is 10.0. The highest BCUT2D eigenvalue weighted by molar-refractivity contribution is 7.99. The molecule has 0 saturated heterocycles. The molecule has 0 fully saturated rings. The number of thioether (sulfide) groups is 1. The number of aryl methyl sites for hydroxylation is 1. The van der Waals surface area contributed by atoms with E-state index in [9.17, 15) is 4.79 Å². The van der Waals surface area contributed by atoms with Crippen LogP contribution < -0.4 is 5.32 Å². The van der Waals surface area contributed by atoms with Crippen LogP contribution in [0.1, 0.15) is 30.8 Å². The van der Waals surface area contributed by atoms with E-state index in [0.717, 1.165) is 17.0 Å². The van der Waals surface area contributed by atoms with Crippen molar-refractivity contribution in [3.05, 3.63) is 53.6 Å². The fourth-order valence-corrected chi connectivity index (χ4v) is 2.84. The topological polar surface area (TPSA) is 54.9 Å². The summed E-state index contributed by atoms with van der Waals surface area (Å²) >= 11 is 1.82. The molecule has 1 heterocycles. The minimum atomic E-state index is 0.000489. The Morgan fingerprint density at radius 3 is 2.59 bits per heavy atom. The molecule has 22 heavy (non-hydrogen) atoms. The van der Waals surface area contributed by atoms with Gasteiger partial charge in [0.25, 0.3) is 0 Å². The molecule has 0 bridgehead atoms.